The van der Waals surface area contributed by atoms with Crippen molar-refractivity contribution in [1.29, 1.82) is 0 Å². The van der Waals surface area contributed by atoms with Gasteiger partial charge in [-0.05, 0) is 18.4 Å². The molecule has 20 heavy (non-hydrogen) atoms. The SMILES string of the molecule is CCCCNc1cc(NCCc2ccccc2)ncn1. The normalized spacial score (nSPS) is 10.2. The number of unbranched alkanes of at least 4 members (excludes halogenated alkanes) is 1. The van der Waals surface area contributed by atoms with E-state index < -0.39 is 0 Å². The Morgan fingerprint density at radius 2 is 1.65 bits per heavy atom. The van der Waals surface area contributed by atoms with Gasteiger partial charge in [0, 0.05) is 19.2 Å². The number of hydrogen-bond donors (Lipinski definition) is 2. The highest BCUT2D eigenvalue weighted by atomic mass is 15.1. The van der Waals surface area contributed by atoms with E-state index in [0.717, 1.165) is 37.6 Å². The van der Waals surface area contributed by atoms with Crippen molar-refractivity contribution in [2.24, 2.45) is 0 Å². The molecular weight excluding hydrogens is 248 g/mol. The van der Waals surface area contributed by atoms with Crippen LogP contribution in [0.2, 0.25) is 0 Å². The Labute approximate surface area is 120 Å². The molecule has 0 saturated heterocycles. The van der Waals surface area contributed by atoms with Crippen LogP contribution in [0, 0.1) is 0 Å². The molecule has 4 nitrogen and oxygen atoms in total. The number of benzene rings is 1. The van der Waals surface area contributed by atoms with Gasteiger partial charge in [-0.25, -0.2) is 9.97 Å². The minimum Gasteiger partial charge on any atom is -0.370 e. The van der Waals surface area contributed by atoms with E-state index in [9.17, 15) is 0 Å². The maximum atomic E-state index is 4.24. The summed E-state index contributed by atoms with van der Waals surface area (Å²) >= 11 is 0. The van der Waals surface area contributed by atoms with Crippen LogP contribution in [-0.4, -0.2) is 23.1 Å². The third kappa shape index (κ3) is 4.88. The lowest BCUT2D eigenvalue weighted by atomic mass is 10.1. The van der Waals surface area contributed by atoms with E-state index in [-0.39, 0.29) is 0 Å². The second-order valence-corrected chi connectivity index (χ2v) is 4.73. The summed E-state index contributed by atoms with van der Waals surface area (Å²) in [5.41, 5.74) is 1.33. The Morgan fingerprint density at radius 3 is 2.35 bits per heavy atom. The number of nitrogens with one attached hydrogen (secondary N) is 2. The first kappa shape index (κ1) is 14.3. The molecule has 0 aliphatic heterocycles. The van der Waals surface area contributed by atoms with Crippen LogP contribution in [0.15, 0.2) is 42.7 Å². The topological polar surface area (TPSA) is 49.8 Å². The first-order valence-electron chi connectivity index (χ1n) is 7.22. The Balaban J connectivity index is 1.79. The van der Waals surface area contributed by atoms with Crippen molar-refractivity contribution in [3.8, 4) is 0 Å². The maximum Gasteiger partial charge on any atom is 0.131 e. The van der Waals surface area contributed by atoms with Crippen LogP contribution in [0.3, 0.4) is 0 Å². The van der Waals surface area contributed by atoms with Gasteiger partial charge < -0.3 is 10.6 Å². The van der Waals surface area contributed by atoms with E-state index in [1.807, 2.05) is 12.1 Å². The molecule has 2 rings (SSSR count). The zero-order chi connectivity index (χ0) is 14.0. The summed E-state index contributed by atoms with van der Waals surface area (Å²) in [6, 6.07) is 12.4. The molecule has 0 unspecified atom stereocenters. The first-order chi connectivity index (χ1) is 9.88. The van der Waals surface area contributed by atoms with Crippen LogP contribution in [0.4, 0.5) is 11.6 Å². The standard InChI is InChI=1S/C16H22N4/c1-2-3-10-17-15-12-16(20-13-19-15)18-11-9-14-7-5-4-6-8-14/h4-8,12-13H,2-3,9-11H2,1H3,(H2,17,18,19,20). The highest BCUT2D eigenvalue weighted by Gasteiger charge is 1.98. The van der Waals surface area contributed by atoms with Gasteiger partial charge in [0.25, 0.3) is 0 Å². The number of nitrogens with zero attached hydrogens (tertiary/aromatic N) is 2. The van der Waals surface area contributed by atoms with Gasteiger partial charge in [-0.15, -0.1) is 0 Å². The van der Waals surface area contributed by atoms with Gasteiger partial charge in [-0.3, -0.25) is 0 Å². The molecule has 0 atom stereocenters. The van der Waals surface area contributed by atoms with Crippen LogP contribution >= 0.6 is 0 Å². The van der Waals surface area contributed by atoms with Gasteiger partial charge in [0.2, 0.25) is 0 Å². The average molecular weight is 270 g/mol. The van der Waals surface area contributed by atoms with E-state index in [4.69, 9.17) is 0 Å². The molecule has 1 aromatic heterocycles. The lowest BCUT2D eigenvalue weighted by Crippen LogP contribution is -2.08. The summed E-state index contributed by atoms with van der Waals surface area (Å²) in [5, 5.41) is 6.64. The molecular formula is C16H22N4. The second kappa shape index (κ2) is 8.15. The number of aromatic nitrogens is 2. The Bertz CT molecular complexity index is 499. The maximum absolute atomic E-state index is 4.24. The minimum atomic E-state index is 0.870. The molecule has 2 aromatic rings. The van der Waals surface area contributed by atoms with Crippen LogP contribution in [0.25, 0.3) is 0 Å². The van der Waals surface area contributed by atoms with Crippen molar-refractivity contribution in [3.63, 3.8) is 0 Å². The number of anilines is 2. The fourth-order valence-electron chi connectivity index (χ4n) is 1.92. The predicted octanol–water partition coefficient (Wildman–Crippen LogP) is 3.34. The zero-order valence-corrected chi connectivity index (χ0v) is 12.0. The summed E-state index contributed by atoms with van der Waals surface area (Å²) < 4.78 is 0. The van der Waals surface area contributed by atoms with Crippen LogP contribution in [0.1, 0.15) is 25.3 Å². The first-order valence-corrected chi connectivity index (χ1v) is 7.22. The Hall–Kier alpha value is -2.10. The molecule has 0 radical (unpaired) electrons. The van der Waals surface area contributed by atoms with E-state index in [0.29, 0.717) is 0 Å². The molecule has 0 fully saturated rings. The largest absolute Gasteiger partial charge is 0.370 e. The van der Waals surface area contributed by atoms with Gasteiger partial charge in [0.15, 0.2) is 0 Å². The summed E-state index contributed by atoms with van der Waals surface area (Å²) in [4.78, 5) is 8.45. The molecule has 106 valence electrons. The second-order valence-electron chi connectivity index (χ2n) is 4.73. The molecule has 1 aromatic carbocycles. The predicted molar refractivity (Wildman–Crippen MR) is 84.1 cm³/mol. The molecule has 0 spiro atoms. The van der Waals surface area contributed by atoms with Crippen molar-refractivity contribution in [3.05, 3.63) is 48.3 Å². The molecule has 2 N–H and O–H groups in total. The minimum absolute atomic E-state index is 0.870. The monoisotopic (exact) mass is 270 g/mol. The van der Waals surface area contributed by atoms with Crippen LogP contribution in [0.5, 0.6) is 0 Å². The highest BCUT2D eigenvalue weighted by molar-refractivity contribution is 5.46. The molecule has 4 heteroatoms. The van der Waals surface area contributed by atoms with Gasteiger partial charge in [-0.1, -0.05) is 43.7 Å². The molecule has 1 heterocycles. The third-order valence-electron chi connectivity index (χ3n) is 3.07. The fraction of sp³-hybridized carbons (Fsp3) is 0.375. The summed E-state index contributed by atoms with van der Waals surface area (Å²) in [6.45, 7) is 4.00. The molecule has 0 amide bonds. The van der Waals surface area contributed by atoms with E-state index in [1.54, 1.807) is 6.33 Å². The van der Waals surface area contributed by atoms with Crippen molar-refractivity contribution in [1.82, 2.24) is 9.97 Å². The van der Waals surface area contributed by atoms with Crippen LogP contribution < -0.4 is 10.6 Å². The lowest BCUT2D eigenvalue weighted by Gasteiger charge is -2.08. The third-order valence-corrected chi connectivity index (χ3v) is 3.07. The van der Waals surface area contributed by atoms with Crippen molar-refractivity contribution >= 4 is 11.6 Å². The quantitative estimate of drug-likeness (QED) is 0.722. The zero-order valence-electron chi connectivity index (χ0n) is 12.0. The van der Waals surface area contributed by atoms with Gasteiger partial charge >= 0.3 is 0 Å². The van der Waals surface area contributed by atoms with Crippen molar-refractivity contribution < 1.29 is 0 Å². The smallest absolute Gasteiger partial charge is 0.131 e. The Kier molecular flexibility index (Phi) is 5.83. The number of hydrogen-bond acceptors (Lipinski definition) is 4. The highest BCUT2D eigenvalue weighted by Crippen LogP contribution is 2.09. The van der Waals surface area contributed by atoms with E-state index in [1.165, 1.54) is 12.0 Å². The lowest BCUT2D eigenvalue weighted by molar-refractivity contribution is 0.830. The van der Waals surface area contributed by atoms with Crippen molar-refractivity contribution in [2.45, 2.75) is 26.2 Å². The molecule has 0 saturated carbocycles. The van der Waals surface area contributed by atoms with Gasteiger partial charge in [0.05, 0.1) is 0 Å². The van der Waals surface area contributed by atoms with Gasteiger partial charge in [0.1, 0.15) is 18.0 Å². The average Bonchev–Trinajstić information content (AvgIpc) is 2.49. The van der Waals surface area contributed by atoms with Crippen LogP contribution in [-0.2, 0) is 6.42 Å². The summed E-state index contributed by atoms with van der Waals surface area (Å²) in [6.07, 6.45) is 4.92. The van der Waals surface area contributed by atoms with E-state index in [2.05, 4.69) is 51.8 Å². The summed E-state index contributed by atoms with van der Waals surface area (Å²) in [7, 11) is 0. The summed E-state index contributed by atoms with van der Waals surface area (Å²) in [5.74, 6) is 1.76. The van der Waals surface area contributed by atoms with Gasteiger partial charge in [-0.2, -0.15) is 0 Å². The van der Waals surface area contributed by atoms with Crippen molar-refractivity contribution in [2.75, 3.05) is 23.7 Å². The Morgan fingerprint density at radius 1 is 0.950 bits per heavy atom. The molecule has 0 bridgehead atoms. The molecule has 0 aliphatic carbocycles. The number of rotatable bonds is 8. The molecule has 0 aliphatic rings. The van der Waals surface area contributed by atoms with E-state index >= 15 is 0 Å². The fourth-order valence-corrected chi connectivity index (χ4v) is 1.92.